The third-order valence-corrected chi connectivity index (χ3v) is 5.79. The number of hydroxylamine groups is 1. The van der Waals surface area contributed by atoms with Crippen molar-refractivity contribution in [3.63, 3.8) is 0 Å². The molecule has 6 heteroatoms. The molecule has 1 aliphatic rings. The van der Waals surface area contributed by atoms with Crippen LogP contribution in [0.5, 0.6) is 0 Å². The van der Waals surface area contributed by atoms with Crippen molar-refractivity contribution < 1.29 is 14.5 Å². The Kier molecular flexibility index (Phi) is 5.86. The van der Waals surface area contributed by atoms with Crippen molar-refractivity contribution in [2.75, 3.05) is 4.90 Å². The molecule has 0 spiro atoms. The summed E-state index contributed by atoms with van der Waals surface area (Å²) in [4.78, 5) is 13.9. The lowest BCUT2D eigenvalue weighted by atomic mass is 9.96. The van der Waals surface area contributed by atoms with Crippen molar-refractivity contribution in [3.8, 4) is 0 Å². The average Bonchev–Trinajstić information content (AvgIpc) is 3.14. The van der Waals surface area contributed by atoms with E-state index in [0.717, 1.165) is 19.3 Å². The van der Waals surface area contributed by atoms with Gasteiger partial charge in [0, 0.05) is 29.9 Å². The number of amides is 1. The van der Waals surface area contributed by atoms with Gasteiger partial charge in [-0.15, -0.1) is 0 Å². The van der Waals surface area contributed by atoms with E-state index in [2.05, 4.69) is 72.4 Å². The highest BCUT2D eigenvalue weighted by molar-refractivity contribution is 5.91. The molecule has 3 aromatic rings. The molecule has 30 heavy (non-hydrogen) atoms. The number of anilines is 2. The smallest absolute Gasteiger partial charge is 0.296 e. The predicted octanol–water partition coefficient (Wildman–Crippen LogP) is 4.69. The largest absolute Gasteiger partial charge is 0.361 e. The number of hydrogen-bond acceptors (Lipinski definition) is 5. The van der Waals surface area contributed by atoms with E-state index in [0.29, 0.717) is 18.1 Å². The summed E-state index contributed by atoms with van der Waals surface area (Å²) in [6.07, 6.45) is 3.71. The molecule has 0 bridgehead atoms. The first-order valence-electron chi connectivity index (χ1n) is 10.4. The van der Waals surface area contributed by atoms with E-state index in [1.165, 1.54) is 22.5 Å². The Morgan fingerprint density at radius 2 is 1.70 bits per heavy atom. The lowest BCUT2D eigenvalue weighted by Crippen LogP contribution is -2.31. The number of fused-ring (bicyclic) bond motifs is 2. The molecule has 0 fully saturated rings. The Bertz CT molecular complexity index is 982. The van der Waals surface area contributed by atoms with Gasteiger partial charge in [0.2, 0.25) is 0 Å². The molecule has 0 saturated heterocycles. The zero-order valence-corrected chi connectivity index (χ0v) is 17.3. The molecular formula is C24H27N3O3. The fraction of sp³-hybridized carbons (Fsp3) is 0.333. The highest BCUT2D eigenvalue weighted by Gasteiger charge is 2.26. The monoisotopic (exact) mass is 405 g/mol. The molecule has 1 aromatic heterocycles. The summed E-state index contributed by atoms with van der Waals surface area (Å²) >= 11 is 0. The van der Waals surface area contributed by atoms with Crippen molar-refractivity contribution in [2.24, 2.45) is 5.92 Å². The first-order chi connectivity index (χ1) is 14.6. The summed E-state index contributed by atoms with van der Waals surface area (Å²) in [6, 6.07) is 19.2. The number of para-hydroxylation sites is 2. The highest BCUT2D eigenvalue weighted by Crippen LogP contribution is 2.38. The maximum atomic E-state index is 11.5. The van der Waals surface area contributed by atoms with Gasteiger partial charge in [-0.3, -0.25) is 10.0 Å². The van der Waals surface area contributed by atoms with Crippen LogP contribution in [-0.2, 0) is 19.3 Å². The minimum atomic E-state index is -0.663. The lowest BCUT2D eigenvalue weighted by Gasteiger charge is -2.34. The van der Waals surface area contributed by atoms with Gasteiger partial charge in [0.05, 0.1) is 0 Å². The summed E-state index contributed by atoms with van der Waals surface area (Å²) in [5.41, 5.74) is 6.98. The number of aryl methyl sites for hydroxylation is 2. The Balaban J connectivity index is 1.55. The maximum Gasteiger partial charge on any atom is 0.296 e. The van der Waals surface area contributed by atoms with Gasteiger partial charge in [-0.05, 0) is 55.4 Å². The number of nitrogens with one attached hydrogen (secondary N) is 1. The predicted molar refractivity (Wildman–Crippen MR) is 115 cm³/mol. The Hall–Kier alpha value is -3.12. The second kappa shape index (κ2) is 8.71. The van der Waals surface area contributed by atoms with Gasteiger partial charge in [-0.1, -0.05) is 48.5 Å². The zero-order chi connectivity index (χ0) is 21.1. The standard InChI is InChI=1S/C24H27N3O3/c1-16(14-20-15-21(26-30-20)24(28)25-29)13-17(2)27-22-9-5-3-7-18(22)11-12-19-8-4-6-10-23(19)27/h3-10,15-17,29H,11-14H2,1-2H3,(H,25,28). The number of carbonyl (C=O) groups excluding carboxylic acids is 1. The topological polar surface area (TPSA) is 78.6 Å². The fourth-order valence-corrected chi connectivity index (χ4v) is 4.48. The maximum absolute atomic E-state index is 11.5. The van der Waals surface area contributed by atoms with Gasteiger partial charge in [0.25, 0.3) is 5.91 Å². The van der Waals surface area contributed by atoms with E-state index in [1.807, 2.05) is 0 Å². The van der Waals surface area contributed by atoms with Crippen LogP contribution in [-0.4, -0.2) is 22.3 Å². The number of benzene rings is 2. The van der Waals surface area contributed by atoms with Crippen molar-refractivity contribution in [3.05, 3.63) is 77.2 Å². The molecular weight excluding hydrogens is 378 g/mol. The lowest BCUT2D eigenvalue weighted by molar-refractivity contribution is 0.0696. The summed E-state index contributed by atoms with van der Waals surface area (Å²) in [7, 11) is 0. The minimum absolute atomic E-state index is 0.0862. The van der Waals surface area contributed by atoms with Crippen molar-refractivity contribution in [1.29, 1.82) is 0 Å². The molecule has 2 aromatic carbocycles. The summed E-state index contributed by atoms with van der Waals surface area (Å²) in [5.74, 6) is 0.300. The van der Waals surface area contributed by atoms with Crippen LogP contribution >= 0.6 is 0 Å². The molecule has 6 nitrogen and oxygen atoms in total. The van der Waals surface area contributed by atoms with Crippen LogP contribution in [0.3, 0.4) is 0 Å². The second-order valence-corrected chi connectivity index (χ2v) is 8.14. The Morgan fingerprint density at radius 3 is 2.30 bits per heavy atom. The van der Waals surface area contributed by atoms with E-state index in [-0.39, 0.29) is 11.7 Å². The van der Waals surface area contributed by atoms with Gasteiger partial charge in [-0.25, -0.2) is 5.48 Å². The molecule has 0 saturated carbocycles. The van der Waals surface area contributed by atoms with Gasteiger partial charge in [0.15, 0.2) is 5.69 Å². The number of carbonyl (C=O) groups is 1. The van der Waals surface area contributed by atoms with Crippen LogP contribution < -0.4 is 10.4 Å². The van der Waals surface area contributed by atoms with Crippen LogP contribution in [0.25, 0.3) is 0 Å². The molecule has 156 valence electrons. The van der Waals surface area contributed by atoms with E-state index in [1.54, 1.807) is 11.5 Å². The van der Waals surface area contributed by atoms with Crippen LogP contribution in [0.1, 0.15) is 47.6 Å². The van der Waals surface area contributed by atoms with E-state index < -0.39 is 5.91 Å². The number of aromatic nitrogens is 1. The number of rotatable bonds is 6. The van der Waals surface area contributed by atoms with Crippen LogP contribution in [0.4, 0.5) is 11.4 Å². The minimum Gasteiger partial charge on any atom is -0.361 e. The van der Waals surface area contributed by atoms with Crippen molar-refractivity contribution in [1.82, 2.24) is 10.6 Å². The molecule has 2 unspecified atom stereocenters. The van der Waals surface area contributed by atoms with Gasteiger partial charge < -0.3 is 9.42 Å². The van der Waals surface area contributed by atoms with E-state index >= 15 is 0 Å². The van der Waals surface area contributed by atoms with Gasteiger partial charge in [0.1, 0.15) is 5.76 Å². The Labute approximate surface area is 176 Å². The fourth-order valence-electron chi connectivity index (χ4n) is 4.48. The van der Waals surface area contributed by atoms with Crippen LogP contribution in [0, 0.1) is 5.92 Å². The van der Waals surface area contributed by atoms with E-state index in [4.69, 9.17) is 9.73 Å². The molecule has 2 atom stereocenters. The average molecular weight is 405 g/mol. The van der Waals surface area contributed by atoms with E-state index in [9.17, 15) is 4.79 Å². The molecule has 1 amide bonds. The molecule has 1 aliphatic heterocycles. The summed E-state index contributed by atoms with van der Waals surface area (Å²) in [5, 5.41) is 12.5. The first-order valence-corrected chi connectivity index (χ1v) is 10.4. The summed E-state index contributed by atoms with van der Waals surface area (Å²) in [6.45, 7) is 4.45. The number of hydrogen-bond donors (Lipinski definition) is 2. The third-order valence-electron chi connectivity index (χ3n) is 5.79. The molecule has 2 heterocycles. The SMILES string of the molecule is CC(Cc1cc(C(=O)NO)no1)CC(C)N1c2ccccc2CCc2ccccc21. The first kappa shape index (κ1) is 20.2. The van der Waals surface area contributed by atoms with Crippen LogP contribution in [0.15, 0.2) is 59.1 Å². The quantitative estimate of drug-likeness (QED) is 0.460. The second-order valence-electron chi connectivity index (χ2n) is 8.14. The molecule has 0 aliphatic carbocycles. The normalized spacial score (nSPS) is 15.0. The summed E-state index contributed by atoms with van der Waals surface area (Å²) < 4.78 is 5.28. The molecule has 4 rings (SSSR count). The Morgan fingerprint density at radius 1 is 1.10 bits per heavy atom. The van der Waals surface area contributed by atoms with Crippen molar-refractivity contribution >= 4 is 17.3 Å². The number of nitrogens with zero attached hydrogens (tertiary/aromatic N) is 2. The zero-order valence-electron chi connectivity index (χ0n) is 17.3. The molecule has 2 N–H and O–H groups in total. The third kappa shape index (κ3) is 4.09. The van der Waals surface area contributed by atoms with Crippen molar-refractivity contribution in [2.45, 2.75) is 45.6 Å². The molecule has 0 radical (unpaired) electrons. The van der Waals surface area contributed by atoms with Gasteiger partial charge >= 0.3 is 0 Å². The van der Waals surface area contributed by atoms with Crippen LogP contribution in [0.2, 0.25) is 0 Å². The van der Waals surface area contributed by atoms with Gasteiger partial charge in [-0.2, -0.15) is 0 Å². The highest BCUT2D eigenvalue weighted by atomic mass is 16.5.